The van der Waals surface area contributed by atoms with Gasteiger partial charge in [0.25, 0.3) is 0 Å². The van der Waals surface area contributed by atoms with Crippen molar-refractivity contribution in [2.75, 3.05) is 46.4 Å². The molecule has 0 bridgehead atoms. The lowest BCUT2D eigenvalue weighted by atomic mass is 10.2. The number of carbonyl (C=O) groups is 1. The van der Waals surface area contributed by atoms with Crippen LogP contribution >= 0.6 is 24.8 Å². The first kappa shape index (κ1) is 23.9. The zero-order chi connectivity index (χ0) is 15.3. The first-order chi connectivity index (χ1) is 9.27. The van der Waals surface area contributed by atoms with Crippen molar-refractivity contribution < 1.29 is 27.1 Å². The molecule has 0 aromatic heterocycles. The van der Waals surface area contributed by atoms with E-state index in [9.17, 15) is 22.4 Å². The molecule has 1 aliphatic heterocycles. The summed E-state index contributed by atoms with van der Waals surface area (Å²) < 4.78 is 54.8. The largest absolute Gasteiger partial charge is 0.383 e. The Morgan fingerprint density at radius 1 is 1.23 bits per heavy atom. The number of carbonyl (C=O) groups excluding carboxylic acids is 1. The Morgan fingerprint density at radius 3 is 2.14 bits per heavy atom. The molecule has 0 radical (unpaired) electrons. The number of amides is 1. The van der Waals surface area contributed by atoms with Gasteiger partial charge in [-0.15, -0.1) is 24.8 Å². The van der Waals surface area contributed by atoms with Gasteiger partial charge in [0.15, 0.2) is 0 Å². The van der Waals surface area contributed by atoms with Gasteiger partial charge >= 0.3 is 12.3 Å². The van der Waals surface area contributed by atoms with Crippen LogP contribution in [0.1, 0.15) is 0 Å². The third-order valence-electron chi connectivity index (χ3n) is 3.10. The Balaban J connectivity index is 0. The van der Waals surface area contributed by atoms with Crippen molar-refractivity contribution in [1.82, 2.24) is 9.80 Å². The topological polar surface area (TPSA) is 58.8 Å². The van der Waals surface area contributed by atoms with Crippen LogP contribution in [0.3, 0.4) is 0 Å². The van der Waals surface area contributed by atoms with Gasteiger partial charge in [0, 0.05) is 33.3 Å². The van der Waals surface area contributed by atoms with Crippen molar-refractivity contribution in [2.45, 2.75) is 18.4 Å². The molecule has 5 nitrogen and oxygen atoms in total. The zero-order valence-corrected chi connectivity index (χ0v) is 13.6. The van der Waals surface area contributed by atoms with Gasteiger partial charge in [-0.3, -0.25) is 9.69 Å². The van der Waals surface area contributed by atoms with Crippen LogP contribution in [0.15, 0.2) is 0 Å². The van der Waals surface area contributed by atoms with E-state index in [0.717, 1.165) is 0 Å². The predicted octanol–water partition coefficient (Wildman–Crippen LogP) is 0.848. The number of nitrogens with zero attached hydrogens (tertiary/aromatic N) is 2. The smallest absolute Gasteiger partial charge is 0.319 e. The van der Waals surface area contributed by atoms with Gasteiger partial charge in [0.1, 0.15) is 6.04 Å². The van der Waals surface area contributed by atoms with Crippen LogP contribution in [0.5, 0.6) is 0 Å². The minimum absolute atomic E-state index is 0. The van der Waals surface area contributed by atoms with E-state index < -0.39 is 24.9 Å². The molecule has 0 aromatic rings. The number of rotatable bonds is 6. The van der Waals surface area contributed by atoms with Gasteiger partial charge in [-0.2, -0.15) is 8.78 Å². The monoisotopic (exact) mass is 373 g/mol. The van der Waals surface area contributed by atoms with Crippen LogP contribution in [-0.4, -0.2) is 80.5 Å². The first-order valence-electron chi connectivity index (χ1n) is 6.19. The van der Waals surface area contributed by atoms with Crippen molar-refractivity contribution >= 4 is 30.7 Å². The van der Waals surface area contributed by atoms with Crippen LogP contribution < -0.4 is 5.73 Å². The Morgan fingerprint density at radius 2 is 1.73 bits per heavy atom. The van der Waals surface area contributed by atoms with Crippen molar-refractivity contribution in [1.29, 1.82) is 0 Å². The summed E-state index contributed by atoms with van der Waals surface area (Å²) >= 11 is 0. The third kappa shape index (κ3) is 6.82. The maximum absolute atomic E-state index is 12.9. The van der Waals surface area contributed by atoms with E-state index in [4.69, 9.17) is 10.5 Å². The lowest BCUT2D eigenvalue weighted by molar-refractivity contribution is -0.149. The highest BCUT2D eigenvalue weighted by Crippen LogP contribution is 2.24. The Labute approximate surface area is 138 Å². The number of hydrogen-bond donors (Lipinski definition) is 1. The second-order valence-electron chi connectivity index (χ2n) is 4.72. The average molecular weight is 374 g/mol. The van der Waals surface area contributed by atoms with Crippen LogP contribution in [0.2, 0.25) is 0 Å². The minimum Gasteiger partial charge on any atom is -0.383 e. The van der Waals surface area contributed by atoms with Crippen molar-refractivity contribution in [2.24, 2.45) is 5.73 Å². The molecule has 0 saturated carbocycles. The summed E-state index contributed by atoms with van der Waals surface area (Å²) in [5.74, 6) is -4.36. The highest BCUT2D eigenvalue weighted by molar-refractivity contribution is 5.85. The summed E-state index contributed by atoms with van der Waals surface area (Å²) in [5, 5.41) is 0. The third-order valence-corrected chi connectivity index (χ3v) is 3.10. The Kier molecular flexibility index (Phi) is 11.3. The fourth-order valence-corrected chi connectivity index (χ4v) is 1.98. The van der Waals surface area contributed by atoms with Crippen LogP contribution in [0.4, 0.5) is 17.6 Å². The fraction of sp³-hybridized carbons (Fsp3) is 0.909. The molecular formula is C11H21Cl2F4N3O2. The summed E-state index contributed by atoms with van der Waals surface area (Å²) in [4.78, 5) is 14.5. The molecule has 1 saturated heterocycles. The number of piperazine rings is 1. The molecule has 1 fully saturated rings. The SMILES string of the molecule is COCC(N)C(=O)N1CCN(CC(F)(F)C(F)F)CC1.Cl.Cl. The van der Waals surface area contributed by atoms with E-state index in [0.29, 0.717) is 0 Å². The molecule has 0 spiro atoms. The predicted molar refractivity (Wildman–Crippen MR) is 78.3 cm³/mol. The molecule has 1 unspecified atom stereocenters. The molecule has 0 aromatic carbocycles. The summed E-state index contributed by atoms with van der Waals surface area (Å²) in [7, 11) is 1.41. The van der Waals surface area contributed by atoms with Crippen molar-refractivity contribution in [3.63, 3.8) is 0 Å². The molecule has 22 heavy (non-hydrogen) atoms. The second kappa shape index (κ2) is 10.4. The standard InChI is InChI=1S/C11H19F4N3O2.2ClH/c1-20-6-8(16)9(19)18-4-2-17(3-5-18)7-11(14,15)10(12)13;;/h8,10H,2-7,16H2,1H3;2*1H. The summed E-state index contributed by atoms with van der Waals surface area (Å²) in [5.41, 5.74) is 5.59. The molecule has 1 rings (SSSR count). The van der Waals surface area contributed by atoms with Gasteiger partial charge in [-0.05, 0) is 0 Å². The molecule has 1 heterocycles. The van der Waals surface area contributed by atoms with Crippen LogP contribution in [0.25, 0.3) is 0 Å². The van der Waals surface area contributed by atoms with Crippen LogP contribution in [0, 0.1) is 0 Å². The fourth-order valence-electron chi connectivity index (χ4n) is 1.98. The average Bonchev–Trinajstić information content (AvgIpc) is 2.38. The lowest BCUT2D eigenvalue weighted by Crippen LogP contribution is -2.56. The number of halogens is 6. The van der Waals surface area contributed by atoms with E-state index in [-0.39, 0.29) is 63.5 Å². The molecule has 1 amide bonds. The molecule has 1 atom stereocenters. The summed E-state index contributed by atoms with van der Waals surface area (Å²) in [6.45, 7) is -0.314. The zero-order valence-electron chi connectivity index (χ0n) is 12.0. The van der Waals surface area contributed by atoms with Crippen LogP contribution in [-0.2, 0) is 9.53 Å². The number of ether oxygens (including phenoxy) is 1. The molecule has 0 aliphatic carbocycles. The van der Waals surface area contributed by atoms with Gasteiger partial charge in [-0.1, -0.05) is 0 Å². The summed E-state index contributed by atoms with van der Waals surface area (Å²) in [6, 6.07) is -0.797. The Hall–Kier alpha value is -0.350. The van der Waals surface area contributed by atoms with Gasteiger partial charge in [-0.25, -0.2) is 8.78 Å². The van der Waals surface area contributed by atoms with Gasteiger partial charge in [0.2, 0.25) is 5.91 Å². The van der Waals surface area contributed by atoms with E-state index in [1.165, 1.54) is 16.9 Å². The quantitative estimate of drug-likeness (QED) is 0.701. The first-order valence-corrected chi connectivity index (χ1v) is 6.19. The maximum Gasteiger partial charge on any atom is 0.319 e. The highest BCUT2D eigenvalue weighted by Gasteiger charge is 2.42. The molecule has 11 heteroatoms. The minimum atomic E-state index is -4.03. The van der Waals surface area contributed by atoms with E-state index >= 15 is 0 Å². The molecular weight excluding hydrogens is 353 g/mol. The molecule has 2 N–H and O–H groups in total. The number of methoxy groups -OCH3 is 1. The normalized spacial score (nSPS) is 17.7. The van der Waals surface area contributed by atoms with E-state index in [1.54, 1.807) is 0 Å². The van der Waals surface area contributed by atoms with Gasteiger partial charge < -0.3 is 15.4 Å². The molecule has 134 valence electrons. The molecule has 1 aliphatic rings. The number of nitrogens with two attached hydrogens (primary N) is 1. The van der Waals surface area contributed by atoms with Gasteiger partial charge in [0.05, 0.1) is 13.2 Å². The lowest BCUT2D eigenvalue weighted by Gasteiger charge is -2.37. The van der Waals surface area contributed by atoms with Crippen molar-refractivity contribution in [3.05, 3.63) is 0 Å². The van der Waals surface area contributed by atoms with E-state index in [2.05, 4.69) is 0 Å². The number of hydrogen-bond acceptors (Lipinski definition) is 4. The maximum atomic E-state index is 12.9. The second-order valence-corrected chi connectivity index (χ2v) is 4.72. The highest BCUT2D eigenvalue weighted by atomic mass is 35.5. The Bertz CT molecular complexity index is 332. The van der Waals surface area contributed by atoms with E-state index in [1.807, 2.05) is 0 Å². The van der Waals surface area contributed by atoms with Crippen molar-refractivity contribution in [3.8, 4) is 0 Å². The summed E-state index contributed by atoms with van der Waals surface area (Å²) in [6.07, 6.45) is -3.68. The number of alkyl halides is 4.